The second-order valence-electron chi connectivity index (χ2n) is 4.57. The number of rotatable bonds is 7. The van der Waals surface area contributed by atoms with Crippen molar-refractivity contribution in [3.05, 3.63) is 12.4 Å². The van der Waals surface area contributed by atoms with Crippen LogP contribution >= 0.6 is 0 Å². The number of aliphatic carboxylic acids is 1. The van der Waals surface area contributed by atoms with Gasteiger partial charge in [-0.25, -0.2) is 12.7 Å². The van der Waals surface area contributed by atoms with E-state index in [2.05, 4.69) is 5.10 Å². The van der Waals surface area contributed by atoms with Crippen LogP contribution < -0.4 is 0 Å². The first kappa shape index (κ1) is 15.6. The van der Waals surface area contributed by atoms with Gasteiger partial charge in [0.05, 0.1) is 6.20 Å². The Balaban J connectivity index is 2.87. The third kappa shape index (κ3) is 4.03. The van der Waals surface area contributed by atoms with Crippen molar-refractivity contribution in [3.63, 3.8) is 0 Å². The zero-order chi connectivity index (χ0) is 14.6. The Morgan fingerprint density at radius 3 is 2.74 bits per heavy atom. The van der Waals surface area contributed by atoms with Gasteiger partial charge in [-0.15, -0.1) is 0 Å². The molecule has 1 N–H and O–H groups in total. The van der Waals surface area contributed by atoms with Crippen LogP contribution in [0.1, 0.15) is 20.3 Å². The Morgan fingerprint density at radius 2 is 2.21 bits per heavy atom. The summed E-state index contributed by atoms with van der Waals surface area (Å²) in [6.07, 6.45) is 3.29. The van der Waals surface area contributed by atoms with E-state index >= 15 is 0 Å². The molecule has 1 atom stereocenters. The number of hydrogen-bond acceptors (Lipinski definition) is 4. The maximum atomic E-state index is 12.2. The highest BCUT2D eigenvalue weighted by molar-refractivity contribution is 7.89. The van der Waals surface area contributed by atoms with Crippen molar-refractivity contribution in [1.29, 1.82) is 0 Å². The number of carboxylic acids is 1. The van der Waals surface area contributed by atoms with E-state index in [0.29, 0.717) is 6.54 Å². The topological polar surface area (TPSA) is 92.5 Å². The summed E-state index contributed by atoms with van der Waals surface area (Å²) in [4.78, 5) is 10.5. The third-order valence-electron chi connectivity index (χ3n) is 2.88. The maximum absolute atomic E-state index is 12.2. The second kappa shape index (κ2) is 6.16. The van der Waals surface area contributed by atoms with Crippen molar-refractivity contribution in [3.8, 4) is 0 Å². The van der Waals surface area contributed by atoms with Crippen LogP contribution in [0.5, 0.6) is 0 Å². The number of hydrogen-bond donors (Lipinski definition) is 1. The minimum atomic E-state index is -3.60. The average Bonchev–Trinajstić information content (AvgIpc) is 2.76. The molecular formula is C11H19N3O4S. The summed E-state index contributed by atoms with van der Waals surface area (Å²) < 4.78 is 26.8. The van der Waals surface area contributed by atoms with Gasteiger partial charge in [0.2, 0.25) is 10.0 Å². The number of nitrogens with zero attached hydrogens (tertiary/aromatic N) is 3. The standard InChI is InChI=1S/C11H19N3O4S/c1-4-9(2)6-13(3)19(17,18)10-5-12-14(7-10)8-11(15)16/h5,7,9H,4,6,8H2,1-3H3,(H,15,16). The molecule has 7 nitrogen and oxygen atoms in total. The number of sulfonamides is 1. The lowest BCUT2D eigenvalue weighted by Gasteiger charge is -2.19. The predicted octanol–water partition coefficient (Wildman–Crippen LogP) is 0.634. The molecule has 0 aromatic carbocycles. The third-order valence-corrected chi connectivity index (χ3v) is 4.66. The number of carboxylic acid groups (broad SMARTS) is 1. The van der Waals surface area contributed by atoms with Gasteiger partial charge in [-0.1, -0.05) is 20.3 Å². The molecule has 1 heterocycles. The van der Waals surface area contributed by atoms with Gasteiger partial charge < -0.3 is 5.11 Å². The summed E-state index contributed by atoms with van der Waals surface area (Å²) in [5, 5.41) is 12.4. The van der Waals surface area contributed by atoms with Crippen LogP contribution in [-0.2, 0) is 21.4 Å². The SMILES string of the molecule is CCC(C)CN(C)S(=O)(=O)c1cnn(CC(=O)O)c1. The molecule has 0 aliphatic carbocycles. The molecule has 0 amide bonds. The summed E-state index contributed by atoms with van der Waals surface area (Å²) in [5.74, 6) is -0.811. The summed E-state index contributed by atoms with van der Waals surface area (Å²) in [7, 11) is -2.09. The van der Waals surface area contributed by atoms with Crippen molar-refractivity contribution in [2.45, 2.75) is 31.7 Å². The first-order valence-electron chi connectivity index (χ1n) is 5.98. The van der Waals surface area contributed by atoms with Gasteiger partial charge in [-0.2, -0.15) is 5.10 Å². The molecule has 0 spiro atoms. The highest BCUT2D eigenvalue weighted by Crippen LogP contribution is 2.15. The van der Waals surface area contributed by atoms with Gasteiger partial charge >= 0.3 is 5.97 Å². The van der Waals surface area contributed by atoms with Crippen LogP contribution in [-0.4, -0.2) is 47.2 Å². The molecule has 1 rings (SSSR count). The smallest absolute Gasteiger partial charge is 0.325 e. The van der Waals surface area contributed by atoms with Crippen molar-refractivity contribution in [1.82, 2.24) is 14.1 Å². The molecular weight excluding hydrogens is 270 g/mol. The second-order valence-corrected chi connectivity index (χ2v) is 6.61. The summed E-state index contributed by atoms with van der Waals surface area (Å²) >= 11 is 0. The quantitative estimate of drug-likeness (QED) is 0.795. The van der Waals surface area contributed by atoms with E-state index < -0.39 is 16.0 Å². The normalized spacial score (nSPS) is 13.7. The molecule has 0 saturated carbocycles. The fourth-order valence-corrected chi connectivity index (χ4v) is 2.79. The van der Waals surface area contributed by atoms with E-state index in [1.165, 1.54) is 23.7 Å². The zero-order valence-electron chi connectivity index (χ0n) is 11.3. The lowest BCUT2D eigenvalue weighted by Crippen LogP contribution is -2.30. The first-order chi connectivity index (χ1) is 8.77. The van der Waals surface area contributed by atoms with Crippen molar-refractivity contribution >= 4 is 16.0 Å². The summed E-state index contributed by atoms with van der Waals surface area (Å²) in [6.45, 7) is 4.03. The van der Waals surface area contributed by atoms with E-state index in [1.807, 2.05) is 13.8 Å². The van der Waals surface area contributed by atoms with Crippen LogP contribution in [0, 0.1) is 5.92 Å². The zero-order valence-corrected chi connectivity index (χ0v) is 12.1. The molecule has 1 aromatic heterocycles. The summed E-state index contributed by atoms with van der Waals surface area (Å²) in [6, 6.07) is 0. The van der Waals surface area contributed by atoms with E-state index in [1.54, 1.807) is 0 Å². The molecule has 1 unspecified atom stereocenters. The van der Waals surface area contributed by atoms with E-state index in [-0.39, 0.29) is 17.4 Å². The Labute approximate surface area is 112 Å². The van der Waals surface area contributed by atoms with E-state index in [0.717, 1.165) is 11.1 Å². The van der Waals surface area contributed by atoms with Gasteiger partial charge in [-0.05, 0) is 5.92 Å². The number of aromatic nitrogens is 2. The molecule has 0 aliphatic heterocycles. The largest absolute Gasteiger partial charge is 0.480 e. The minimum Gasteiger partial charge on any atom is -0.480 e. The Bertz CT molecular complexity index is 538. The van der Waals surface area contributed by atoms with Crippen molar-refractivity contribution in [2.24, 2.45) is 5.92 Å². The molecule has 1 aromatic rings. The van der Waals surface area contributed by atoms with Gasteiger partial charge in [0.25, 0.3) is 0 Å². The highest BCUT2D eigenvalue weighted by Gasteiger charge is 2.23. The Kier molecular flexibility index (Phi) is 5.07. The Hall–Kier alpha value is -1.41. The van der Waals surface area contributed by atoms with Crippen LogP contribution in [0.15, 0.2) is 17.3 Å². The fraction of sp³-hybridized carbons (Fsp3) is 0.636. The molecule has 8 heteroatoms. The molecule has 0 bridgehead atoms. The fourth-order valence-electron chi connectivity index (χ4n) is 1.55. The molecule has 108 valence electrons. The van der Waals surface area contributed by atoms with Gasteiger partial charge in [0, 0.05) is 19.8 Å². The first-order valence-corrected chi connectivity index (χ1v) is 7.42. The predicted molar refractivity (Wildman–Crippen MR) is 69.1 cm³/mol. The van der Waals surface area contributed by atoms with Crippen LogP contribution in [0.2, 0.25) is 0 Å². The van der Waals surface area contributed by atoms with Crippen LogP contribution in [0.4, 0.5) is 0 Å². The van der Waals surface area contributed by atoms with Crippen molar-refractivity contribution in [2.75, 3.05) is 13.6 Å². The van der Waals surface area contributed by atoms with Gasteiger partial charge in [0.15, 0.2) is 0 Å². The van der Waals surface area contributed by atoms with Crippen LogP contribution in [0.3, 0.4) is 0 Å². The highest BCUT2D eigenvalue weighted by atomic mass is 32.2. The minimum absolute atomic E-state index is 0.0135. The number of carbonyl (C=O) groups is 1. The molecule has 0 aliphatic rings. The summed E-state index contributed by atoms with van der Waals surface area (Å²) in [5.41, 5.74) is 0. The van der Waals surface area contributed by atoms with E-state index in [9.17, 15) is 13.2 Å². The van der Waals surface area contributed by atoms with Crippen molar-refractivity contribution < 1.29 is 18.3 Å². The Morgan fingerprint density at radius 1 is 1.58 bits per heavy atom. The lowest BCUT2D eigenvalue weighted by molar-refractivity contribution is -0.137. The monoisotopic (exact) mass is 289 g/mol. The molecule has 0 radical (unpaired) electrons. The van der Waals surface area contributed by atoms with Crippen LogP contribution in [0.25, 0.3) is 0 Å². The van der Waals surface area contributed by atoms with Gasteiger partial charge in [-0.3, -0.25) is 9.48 Å². The van der Waals surface area contributed by atoms with E-state index in [4.69, 9.17) is 5.11 Å². The van der Waals surface area contributed by atoms with Gasteiger partial charge in [0.1, 0.15) is 11.4 Å². The average molecular weight is 289 g/mol. The molecule has 0 saturated heterocycles. The molecule has 0 fully saturated rings. The molecule has 19 heavy (non-hydrogen) atoms. The maximum Gasteiger partial charge on any atom is 0.325 e. The lowest BCUT2D eigenvalue weighted by atomic mass is 10.1.